The molecule has 4 nitrogen and oxygen atoms in total. The van der Waals surface area contributed by atoms with Gasteiger partial charge in [-0.1, -0.05) is 47.5 Å². The average Bonchev–Trinajstić information content (AvgIpc) is 2.63. The Bertz CT molecular complexity index is 855. The van der Waals surface area contributed by atoms with E-state index in [2.05, 4.69) is 46.8 Å². The van der Waals surface area contributed by atoms with Crippen molar-refractivity contribution in [3.63, 3.8) is 0 Å². The van der Waals surface area contributed by atoms with Gasteiger partial charge in [0.1, 0.15) is 5.69 Å². The van der Waals surface area contributed by atoms with Crippen molar-refractivity contribution in [3.8, 4) is 0 Å². The van der Waals surface area contributed by atoms with E-state index in [1.54, 1.807) is 12.3 Å². The van der Waals surface area contributed by atoms with Crippen LogP contribution in [0.15, 0.2) is 66.9 Å². The summed E-state index contributed by atoms with van der Waals surface area (Å²) in [6.07, 6.45) is 1.64. The minimum absolute atomic E-state index is 0.220. The quantitative estimate of drug-likeness (QED) is 0.720. The van der Waals surface area contributed by atoms with E-state index in [0.717, 1.165) is 16.9 Å². The lowest BCUT2D eigenvalue weighted by Gasteiger charge is -2.09. The molecule has 1 amide bonds. The van der Waals surface area contributed by atoms with Crippen LogP contribution in [0, 0.1) is 13.8 Å². The van der Waals surface area contributed by atoms with Crippen LogP contribution in [0.3, 0.4) is 0 Å². The summed E-state index contributed by atoms with van der Waals surface area (Å²) in [4.78, 5) is 16.5. The summed E-state index contributed by atoms with van der Waals surface area (Å²) in [5.74, 6) is -0.220. The molecular weight excluding hydrogens is 310 g/mol. The van der Waals surface area contributed by atoms with Gasteiger partial charge in [-0.3, -0.25) is 9.78 Å². The predicted molar refractivity (Wildman–Crippen MR) is 102 cm³/mol. The van der Waals surface area contributed by atoms with E-state index in [0.29, 0.717) is 12.2 Å². The Labute approximate surface area is 147 Å². The second-order valence-corrected chi connectivity index (χ2v) is 6.09. The number of nitrogens with zero attached hydrogens (tertiary/aromatic N) is 1. The smallest absolute Gasteiger partial charge is 0.274 e. The molecule has 1 aromatic heterocycles. The van der Waals surface area contributed by atoms with E-state index < -0.39 is 0 Å². The first kappa shape index (κ1) is 16.7. The number of aryl methyl sites for hydroxylation is 2. The van der Waals surface area contributed by atoms with Crippen LogP contribution in [0.5, 0.6) is 0 Å². The number of hydrogen-bond acceptors (Lipinski definition) is 3. The van der Waals surface area contributed by atoms with Crippen molar-refractivity contribution in [2.75, 3.05) is 10.6 Å². The minimum Gasteiger partial charge on any atom is -0.381 e. The van der Waals surface area contributed by atoms with Crippen LogP contribution in [0.4, 0.5) is 11.4 Å². The van der Waals surface area contributed by atoms with Crippen LogP contribution in [-0.4, -0.2) is 10.9 Å². The summed E-state index contributed by atoms with van der Waals surface area (Å²) in [6.45, 7) is 4.78. The normalized spacial score (nSPS) is 10.3. The van der Waals surface area contributed by atoms with Gasteiger partial charge in [0.25, 0.3) is 5.91 Å². The topological polar surface area (TPSA) is 54.0 Å². The number of carbonyl (C=O) groups is 1. The Kier molecular flexibility index (Phi) is 5.09. The summed E-state index contributed by atoms with van der Waals surface area (Å²) in [5.41, 5.74) is 5.59. The average molecular weight is 331 g/mol. The number of rotatable bonds is 5. The molecule has 4 heteroatoms. The van der Waals surface area contributed by atoms with E-state index in [4.69, 9.17) is 0 Å². The summed E-state index contributed by atoms with van der Waals surface area (Å²) < 4.78 is 0. The second-order valence-electron chi connectivity index (χ2n) is 6.09. The molecule has 0 unspecified atom stereocenters. The molecule has 0 spiro atoms. The Morgan fingerprint density at radius 2 is 1.52 bits per heavy atom. The van der Waals surface area contributed by atoms with Gasteiger partial charge in [0.2, 0.25) is 0 Å². The fourth-order valence-electron chi connectivity index (χ4n) is 2.41. The van der Waals surface area contributed by atoms with Gasteiger partial charge in [0.15, 0.2) is 0 Å². The predicted octanol–water partition coefficient (Wildman–Crippen LogP) is 4.56. The lowest BCUT2D eigenvalue weighted by Crippen LogP contribution is -2.14. The van der Waals surface area contributed by atoms with Crippen LogP contribution in [-0.2, 0) is 6.54 Å². The number of benzene rings is 2. The van der Waals surface area contributed by atoms with Gasteiger partial charge in [-0.05, 0) is 43.7 Å². The maximum atomic E-state index is 12.4. The molecule has 25 heavy (non-hydrogen) atoms. The summed E-state index contributed by atoms with van der Waals surface area (Å²) in [7, 11) is 0. The molecule has 0 saturated heterocycles. The summed E-state index contributed by atoms with van der Waals surface area (Å²) in [5, 5.41) is 6.19. The highest BCUT2D eigenvalue weighted by molar-refractivity contribution is 6.03. The molecule has 0 atom stereocenters. The molecule has 0 aliphatic heterocycles. The standard InChI is InChI=1S/C21H21N3O/c1-15-3-7-17(8-4-15)14-23-19-11-12-22-20(13-19)21(25)24-18-9-5-16(2)6-10-18/h3-13H,14H2,1-2H3,(H,22,23)(H,24,25). The zero-order valence-electron chi connectivity index (χ0n) is 14.4. The monoisotopic (exact) mass is 331 g/mol. The molecule has 0 fully saturated rings. The molecular formula is C21H21N3O. The van der Waals surface area contributed by atoms with Crippen LogP contribution in [0.1, 0.15) is 27.2 Å². The van der Waals surface area contributed by atoms with E-state index in [9.17, 15) is 4.79 Å². The minimum atomic E-state index is -0.220. The van der Waals surface area contributed by atoms with Crippen molar-refractivity contribution >= 4 is 17.3 Å². The van der Waals surface area contributed by atoms with E-state index in [1.807, 2.05) is 37.3 Å². The third kappa shape index (κ3) is 4.67. The van der Waals surface area contributed by atoms with Crippen LogP contribution in [0.2, 0.25) is 0 Å². The molecule has 0 radical (unpaired) electrons. The van der Waals surface area contributed by atoms with E-state index >= 15 is 0 Å². The molecule has 2 N–H and O–H groups in total. The molecule has 3 aromatic rings. The number of nitrogens with one attached hydrogen (secondary N) is 2. The zero-order valence-corrected chi connectivity index (χ0v) is 14.4. The van der Waals surface area contributed by atoms with Crippen molar-refractivity contribution in [2.24, 2.45) is 0 Å². The number of amides is 1. The van der Waals surface area contributed by atoms with Gasteiger partial charge in [-0.25, -0.2) is 0 Å². The molecule has 1 heterocycles. The van der Waals surface area contributed by atoms with Crippen molar-refractivity contribution < 1.29 is 4.79 Å². The Hall–Kier alpha value is -3.14. The van der Waals surface area contributed by atoms with Crippen molar-refractivity contribution in [3.05, 3.63) is 89.2 Å². The Balaban J connectivity index is 1.64. The Morgan fingerprint density at radius 3 is 2.20 bits per heavy atom. The van der Waals surface area contributed by atoms with Crippen LogP contribution >= 0.6 is 0 Å². The SMILES string of the molecule is Cc1ccc(CNc2ccnc(C(=O)Nc3ccc(C)cc3)c2)cc1. The second kappa shape index (κ2) is 7.62. The summed E-state index contributed by atoms with van der Waals surface area (Å²) >= 11 is 0. The van der Waals surface area contributed by atoms with Gasteiger partial charge < -0.3 is 10.6 Å². The van der Waals surface area contributed by atoms with Gasteiger partial charge in [-0.15, -0.1) is 0 Å². The van der Waals surface area contributed by atoms with E-state index in [-0.39, 0.29) is 5.91 Å². The highest BCUT2D eigenvalue weighted by Gasteiger charge is 2.08. The molecule has 0 bridgehead atoms. The first-order valence-electron chi connectivity index (χ1n) is 8.24. The zero-order chi connectivity index (χ0) is 17.6. The number of anilines is 2. The molecule has 0 saturated carbocycles. The van der Waals surface area contributed by atoms with Crippen molar-refractivity contribution in [1.82, 2.24) is 4.98 Å². The molecule has 3 rings (SSSR count). The molecule has 0 aliphatic rings. The molecule has 0 aliphatic carbocycles. The third-order valence-electron chi connectivity index (χ3n) is 3.92. The molecule has 126 valence electrons. The van der Waals surface area contributed by atoms with Crippen LogP contribution < -0.4 is 10.6 Å². The first-order valence-corrected chi connectivity index (χ1v) is 8.24. The maximum absolute atomic E-state index is 12.4. The number of hydrogen-bond donors (Lipinski definition) is 2. The lowest BCUT2D eigenvalue weighted by atomic mass is 10.1. The fraction of sp³-hybridized carbons (Fsp3) is 0.143. The summed E-state index contributed by atoms with van der Waals surface area (Å²) in [6, 6.07) is 19.7. The largest absolute Gasteiger partial charge is 0.381 e. The van der Waals surface area contributed by atoms with Crippen LogP contribution in [0.25, 0.3) is 0 Å². The third-order valence-corrected chi connectivity index (χ3v) is 3.92. The van der Waals surface area contributed by atoms with Gasteiger partial charge in [0.05, 0.1) is 0 Å². The van der Waals surface area contributed by atoms with Crippen molar-refractivity contribution in [1.29, 1.82) is 0 Å². The number of pyridine rings is 1. The molecule has 2 aromatic carbocycles. The number of carbonyl (C=O) groups excluding carboxylic acids is 1. The lowest BCUT2D eigenvalue weighted by molar-refractivity contribution is 0.102. The Morgan fingerprint density at radius 1 is 0.880 bits per heavy atom. The van der Waals surface area contributed by atoms with Gasteiger partial charge >= 0.3 is 0 Å². The number of aromatic nitrogens is 1. The van der Waals surface area contributed by atoms with Gasteiger partial charge in [0, 0.05) is 24.1 Å². The highest BCUT2D eigenvalue weighted by Crippen LogP contribution is 2.14. The van der Waals surface area contributed by atoms with Gasteiger partial charge in [-0.2, -0.15) is 0 Å². The maximum Gasteiger partial charge on any atom is 0.274 e. The van der Waals surface area contributed by atoms with Crippen molar-refractivity contribution in [2.45, 2.75) is 20.4 Å². The highest BCUT2D eigenvalue weighted by atomic mass is 16.1. The first-order chi connectivity index (χ1) is 12.1. The van der Waals surface area contributed by atoms with E-state index in [1.165, 1.54) is 11.1 Å². The fourth-order valence-corrected chi connectivity index (χ4v) is 2.41.